The maximum absolute atomic E-state index is 13.2. The molecule has 17 heavy (non-hydrogen) atoms. The number of amides is 1. The third-order valence-electron chi connectivity index (χ3n) is 3.41. The fraction of sp³-hybridized carbons (Fsp3) is 0.500. The van der Waals surface area contributed by atoms with Crippen LogP contribution in [-0.2, 0) is 9.53 Å². The van der Waals surface area contributed by atoms with Gasteiger partial charge in [-0.2, -0.15) is 4.39 Å². The zero-order valence-electron chi connectivity index (χ0n) is 9.23. The number of halogens is 1. The van der Waals surface area contributed by atoms with Gasteiger partial charge in [0.05, 0.1) is 17.7 Å². The molecule has 0 radical (unpaired) electrons. The monoisotopic (exact) mass is 236 g/mol. The molecule has 1 aliphatic carbocycles. The number of aromatic nitrogens is 1. The Morgan fingerprint density at radius 1 is 1.59 bits per heavy atom. The van der Waals surface area contributed by atoms with Crippen molar-refractivity contribution in [3.05, 3.63) is 24.3 Å². The summed E-state index contributed by atoms with van der Waals surface area (Å²) in [6.07, 6.45) is 3.43. The van der Waals surface area contributed by atoms with Gasteiger partial charge in [-0.15, -0.1) is 0 Å². The minimum absolute atomic E-state index is 0.0449. The number of hydrogen-bond donors (Lipinski definition) is 1. The highest BCUT2D eigenvalue weighted by atomic mass is 19.1. The van der Waals surface area contributed by atoms with Crippen LogP contribution in [0, 0.1) is 17.8 Å². The molecule has 3 atom stereocenters. The number of carbonyl (C=O) groups is 1. The number of carbonyl (C=O) groups excluding carboxylic acids is 1. The first-order valence-electron chi connectivity index (χ1n) is 5.80. The normalized spacial score (nSPS) is 30.5. The van der Waals surface area contributed by atoms with Gasteiger partial charge < -0.3 is 10.1 Å². The fourth-order valence-corrected chi connectivity index (χ4v) is 2.49. The molecule has 5 heteroatoms. The second-order valence-corrected chi connectivity index (χ2v) is 4.50. The van der Waals surface area contributed by atoms with E-state index in [4.69, 9.17) is 4.74 Å². The highest BCUT2D eigenvalue weighted by Crippen LogP contribution is 2.48. The summed E-state index contributed by atoms with van der Waals surface area (Å²) in [7, 11) is 0. The van der Waals surface area contributed by atoms with Crippen LogP contribution in [0.2, 0.25) is 0 Å². The third-order valence-corrected chi connectivity index (χ3v) is 3.41. The number of nitrogens with one attached hydrogen (secondary N) is 1. The highest BCUT2D eigenvalue weighted by Gasteiger charge is 2.56. The number of rotatable bonds is 2. The number of nitrogens with zero attached hydrogens (tertiary/aromatic N) is 1. The number of pyridine rings is 1. The van der Waals surface area contributed by atoms with Gasteiger partial charge in [0.15, 0.2) is 0 Å². The van der Waals surface area contributed by atoms with Crippen molar-refractivity contribution in [3.63, 3.8) is 0 Å². The summed E-state index contributed by atoms with van der Waals surface area (Å²) in [4.78, 5) is 15.4. The molecule has 90 valence electrons. The first-order chi connectivity index (χ1) is 8.27. The molecule has 2 fully saturated rings. The van der Waals surface area contributed by atoms with Crippen molar-refractivity contribution in [1.29, 1.82) is 0 Å². The quantitative estimate of drug-likeness (QED) is 0.793. The lowest BCUT2D eigenvalue weighted by molar-refractivity contribution is -0.118. The van der Waals surface area contributed by atoms with E-state index in [1.165, 1.54) is 12.3 Å². The molecule has 1 saturated heterocycles. The van der Waals surface area contributed by atoms with Gasteiger partial charge in [-0.1, -0.05) is 0 Å². The summed E-state index contributed by atoms with van der Waals surface area (Å²) in [5.41, 5.74) is 0.140. The second-order valence-electron chi connectivity index (χ2n) is 4.50. The Morgan fingerprint density at radius 2 is 2.47 bits per heavy atom. The van der Waals surface area contributed by atoms with E-state index in [1.807, 2.05) is 0 Å². The molecule has 0 spiro atoms. The van der Waals surface area contributed by atoms with Crippen molar-refractivity contribution in [2.75, 3.05) is 11.9 Å². The number of anilines is 1. The summed E-state index contributed by atoms with van der Waals surface area (Å²) >= 11 is 0. The zero-order valence-corrected chi connectivity index (χ0v) is 9.23. The molecule has 0 aromatic carbocycles. The lowest BCUT2D eigenvalue weighted by Crippen LogP contribution is -2.17. The van der Waals surface area contributed by atoms with E-state index in [-0.39, 0.29) is 23.6 Å². The van der Waals surface area contributed by atoms with Gasteiger partial charge in [0.2, 0.25) is 11.9 Å². The van der Waals surface area contributed by atoms with Crippen LogP contribution in [0.3, 0.4) is 0 Å². The average molecular weight is 236 g/mol. The Bertz CT molecular complexity index is 440. The SMILES string of the molecule is O=C(Nc1cccnc1F)[C@@H]1[C@H]2CCCO[C@H]21. The molecule has 1 saturated carbocycles. The van der Waals surface area contributed by atoms with Gasteiger partial charge in [-0.05, 0) is 25.0 Å². The summed E-state index contributed by atoms with van der Waals surface area (Å²) in [6.45, 7) is 0.728. The minimum atomic E-state index is -0.648. The molecule has 1 aliphatic heterocycles. The third kappa shape index (κ3) is 1.91. The van der Waals surface area contributed by atoms with Crippen LogP contribution < -0.4 is 5.32 Å². The predicted molar refractivity (Wildman–Crippen MR) is 58.8 cm³/mol. The molecule has 2 heterocycles. The summed E-state index contributed by atoms with van der Waals surface area (Å²) in [6, 6.07) is 3.10. The topological polar surface area (TPSA) is 51.2 Å². The van der Waals surface area contributed by atoms with E-state index in [0.717, 1.165) is 19.4 Å². The smallest absolute Gasteiger partial charge is 0.236 e. The molecule has 4 nitrogen and oxygen atoms in total. The maximum atomic E-state index is 13.2. The van der Waals surface area contributed by atoms with Crippen molar-refractivity contribution in [2.45, 2.75) is 18.9 Å². The molecule has 1 aromatic heterocycles. The average Bonchev–Trinajstić information content (AvgIpc) is 3.06. The number of ether oxygens (including phenoxy) is 1. The van der Waals surface area contributed by atoms with Gasteiger partial charge in [0, 0.05) is 18.7 Å². The van der Waals surface area contributed by atoms with Crippen LogP contribution in [0.25, 0.3) is 0 Å². The van der Waals surface area contributed by atoms with Crippen molar-refractivity contribution < 1.29 is 13.9 Å². The van der Waals surface area contributed by atoms with Gasteiger partial charge in [0.1, 0.15) is 0 Å². The van der Waals surface area contributed by atoms with Gasteiger partial charge in [-0.3, -0.25) is 4.79 Å². The van der Waals surface area contributed by atoms with Crippen LogP contribution in [0.5, 0.6) is 0 Å². The molecule has 3 rings (SSSR count). The lowest BCUT2D eigenvalue weighted by Gasteiger charge is -2.07. The number of hydrogen-bond acceptors (Lipinski definition) is 3. The van der Waals surface area contributed by atoms with Gasteiger partial charge in [-0.25, -0.2) is 4.98 Å². The molecular weight excluding hydrogens is 223 g/mol. The van der Waals surface area contributed by atoms with Gasteiger partial charge >= 0.3 is 0 Å². The largest absolute Gasteiger partial charge is 0.377 e. The molecule has 1 aromatic rings. The van der Waals surface area contributed by atoms with Crippen molar-refractivity contribution in [3.8, 4) is 0 Å². The maximum Gasteiger partial charge on any atom is 0.236 e. The first kappa shape index (κ1) is 10.7. The molecule has 1 amide bonds. The van der Waals surface area contributed by atoms with Crippen LogP contribution >= 0.6 is 0 Å². The molecule has 0 unspecified atom stereocenters. The Balaban J connectivity index is 1.67. The molecule has 0 bridgehead atoms. The Hall–Kier alpha value is -1.49. The Morgan fingerprint density at radius 3 is 3.18 bits per heavy atom. The molecular formula is C12H13FN2O2. The van der Waals surface area contributed by atoms with E-state index in [9.17, 15) is 9.18 Å². The van der Waals surface area contributed by atoms with Crippen LogP contribution in [0.4, 0.5) is 10.1 Å². The van der Waals surface area contributed by atoms with Crippen LogP contribution in [-0.4, -0.2) is 23.6 Å². The van der Waals surface area contributed by atoms with Crippen LogP contribution in [0.1, 0.15) is 12.8 Å². The van der Waals surface area contributed by atoms with Gasteiger partial charge in [0.25, 0.3) is 0 Å². The number of fused-ring (bicyclic) bond motifs is 1. The summed E-state index contributed by atoms with van der Waals surface area (Å²) in [5.74, 6) is -0.597. The predicted octanol–water partition coefficient (Wildman–Crippen LogP) is 1.58. The van der Waals surface area contributed by atoms with Crippen molar-refractivity contribution in [2.24, 2.45) is 11.8 Å². The minimum Gasteiger partial charge on any atom is -0.377 e. The Kier molecular flexibility index (Phi) is 2.55. The van der Waals surface area contributed by atoms with Crippen molar-refractivity contribution >= 4 is 11.6 Å². The molecule has 2 aliphatic rings. The summed E-state index contributed by atoms with van der Waals surface area (Å²) < 4.78 is 18.7. The highest BCUT2D eigenvalue weighted by molar-refractivity contribution is 5.95. The lowest BCUT2D eigenvalue weighted by atomic mass is 10.2. The summed E-state index contributed by atoms with van der Waals surface area (Å²) in [5, 5.41) is 2.57. The first-order valence-corrected chi connectivity index (χ1v) is 5.80. The van der Waals surface area contributed by atoms with Crippen LogP contribution in [0.15, 0.2) is 18.3 Å². The van der Waals surface area contributed by atoms with E-state index in [2.05, 4.69) is 10.3 Å². The second kappa shape index (κ2) is 4.07. The van der Waals surface area contributed by atoms with E-state index in [0.29, 0.717) is 5.92 Å². The van der Waals surface area contributed by atoms with E-state index < -0.39 is 5.95 Å². The standard InChI is InChI=1S/C12H13FN2O2/c13-11-8(4-1-5-14-11)15-12(16)9-7-3-2-6-17-10(7)9/h1,4-5,7,9-10H,2-3,6H2,(H,15,16)/t7-,9-,10-/m1/s1. The molecule has 1 N–H and O–H groups in total. The van der Waals surface area contributed by atoms with E-state index in [1.54, 1.807) is 6.07 Å². The Labute approximate surface area is 98.2 Å². The van der Waals surface area contributed by atoms with Crippen molar-refractivity contribution in [1.82, 2.24) is 4.98 Å². The zero-order chi connectivity index (χ0) is 11.8. The fourth-order valence-electron chi connectivity index (χ4n) is 2.49. The van der Waals surface area contributed by atoms with E-state index >= 15 is 0 Å².